The SMILES string of the molecule is COC(=O)c1ccc2c(c1)NC(=O)/C2=C\c1ccccc1C(=O)OC. The van der Waals surface area contributed by atoms with E-state index < -0.39 is 11.9 Å². The molecule has 1 aliphatic rings. The zero-order valence-electron chi connectivity index (χ0n) is 13.7. The minimum absolute atomic E-state index is 0.309. The number of carbonyl (C=O) groups is 3. The van der Waals surface area contributed by atoms with E-state index in [0.717, 1.165) is 0 Å². The van der Waals surface area contributed by atoms with E-state index in [1.54, 1.807) is 48.5 Å². The maximum absolute atomic E-state index is 12.3. The topological polar surface area (TPSA) is 81.7 Å². The van der Waals surface area contributed by atoms with Crippen LogP contribution in [-0.4, -0.2) is 32.1 Å². The molecule has 1 heterocycles. The van der Waals surface area contributed by atoms with Gasteiger partial charge in [0, 0.05) is 16.8 Å². The number of rotatable bonds is 3. The molecule has 1 aliphatic heterocycles. The van der Waals surface area contributed by atoms with Gasteiger partial charge in [-0.05, 0) is 29.8 Å². The number of fused-ring (bicyclic) bond motifs is 1. The van der Waals surface area contributed by atoms with Gasteiger partial charge in [-0.3, -0.25) is 4.79 Å². The molecule has 6 heteroatoms. The van der Waals surface area contributed by atoms with Crippen LogP contribution in [0.2, 0.25) is 0 Å². The van der Waals surface area contributed by atoms with Crippen LogP contribution in [0, 0.1) is 0 Å². The molecule has 0 aromatic heterocycles. The molecule has 0 bridgehead atoms. The predicted octanol–water partition coefficient (Wildman–Crippen LogP) is 2.75. The van der Waals surface area contributed by atoms with E-state index in [-0.39, 0.29) is 5.91 Å². The highest BCUT2D eigenvalue weighted by Gasteiger charge is 2.26. The van der Waals surface area contributed by atoms with Gasteiger partial charge in [0.05, 0.1) is 25.3 Å². The number of hydrogen-bond acceptors (Lipinski definition) is 5. The predicted molar refractivity (Wildman–Crippen MR) is 92.1 cm³/mol. The largest absolute Gasteiger partial charge is 0.465 e. The number of hydrogen-bond donors (Lipinski definition) is 1. The number of amides is 1. The maximum Gasteiger partial charge on any atom is 0.338 e. The van der Waals surface area contributed by atoms with Crippen LogP contribution in [0.5, 0.6) is 0 Å². The molecule has 0 unspecified atom stereocenters. The van der Waals surface area contributed by atoms with Crippen LogP contribution in [0.15, 0.2) is 42.5 Å². The smallest absolute Gasteiger partial charge is 0.338 e. The van der Waals surface area contributed by atoms with Crippen molar-refractivity contribution in [2.75, 3.05) is 19.5 Å². The molecule has 1 amide bonds. The van der Waals surface area contributed by atoms with Crippen molar-refractivity contribution in [1.29, 1.82) is 0 Å². The Morgan fingerprint density at radius 2 is 1.72 bits per heavy atom. The van der Waals surface area contributed by atoms with Gasteiger partial charge in [0.1, 0.15) is 0 Å². The molecule has 3 rings (SSSR count). The first kappa shape index (κ1) is 16.4. The summed E-state index contributed by atoms with van der Waals surface area (Å²) in [6, 6.07) is 11.7. The van der Waals surface area contributed by atoms with Crippen molar-refractivity contribution < 1.29 is 23.9 Å². The standard InChI is InChI=1S/C19H15NO5/c1-24-18(22)12-7-8-14-15(17(21)20-16(14)10-12)9-11-5-3-4-6-13(11)19(23)25-2/h3-10H,1-2H3,(H,20,21)/b15-9-. The summed E-state index contributed by atoms with van der Waals surface area (Å²) < 4.78 is 9.45. The first-order valence-electron chi connectivity index (χ1n) is 7.48. The number of ether oxygens (including phenoxy) is 2. The third-order valence-electron chi connectivity index (χ3n) is 3.89. The van der Waals surface area contributed by atoms with Crippen molar-refractivity contribution in [1.82, 2.24) is 0 Å². The van der Waals surface area contributed by atoms with Crippen molar-refractivity contribution in [3.63, 3.8) is 0 Å². The third kappa shape index (κ3) is 3.01. The summed E-state index contributed by atoms with van der Waals surface area (Å²) in [5.41, 5.74) is 2.86. The quantitative estimate of drug-likeness (QED) is 0.688. The highest BCUT2D eigenvalue weighted by molar-refractivity contribution is 6.35. The molecular weight excluding hydrogens is 322 g/mol. The monoisotopic (exact) mass is 337 g/mol. The average Bonchev–Trinajstić information content (AvgIpc) is 2.95. The number of methoxy groups -OCH3 is 2. The lowest BCUT2D eigenvalue weighted by atomic mass is 10.00. The Balaban J connectivity index is 2.06. The Kier molecular flexibility index (Phi) is 4.35. The fourth-order valence-corrected chi connectivity index (χ4v) is 2.66. The molecule has 2 aromatic carbocycles. The van der Waals surface area contributed by atoms with Crippen LogP contribution in [-0.2, 0) is 14.3 Å². The third-order valence-corrected chi connectivity index (χ3v) is 3.89. The van der Waals surface area contributed by atoms with Crippen LogP contribution in [0.1, 0.15) is 31.8 Å². The van der Waals surface area contributed by atoms with Crippen LogP contribution < -0.4 is 5.32 Å². The van der Waals surface area contributed by atoms with Gasteiger partial charge in [0.2, 0.25) is 0 Å². The first-order valence-corrected chi connectivity index (χ1v) is 7.48. The summed E-state index contributed by atoms with van der Waals surface area (Å²) in [5.74, 6) is -1.27. The second-order valence-electron chi connectivity index (χ2n) is 5.34. The van der Waals surface area contributed by atoms with E-state index in [1.807, 2.05) is 0 Å². The summed E-state index contributed by atoms with van der Waals surface area (Å²) in [4.78, 5) is 35.8. The van der Waals surface area contributed by atoms with Crippen molar-refractivity contribution in [2.45, 2.75) is 0 Å². The normalized spacial score (nSPS) is 14.0. The van der Waals surface area contributed by atoms with Gasteiger partial charge in [-0.2, -0.15) is 0 Å². The molecule has 2 aromatic rings. The summed E-state index contributed by atoms with van der Waals surface area (Å²) in [6.07, 6.45) is 1.63. The second-order valence-corrected chi connectivity index (χ2v) is 5.34. The van der Waals surface area contributed by atoms with Crippen LogP contribution in [0.25, 0.3) is 11.6 Å². The number of benzene rings is 2. The van der Waals surface area contributed by atoms with E-state index in [4.69, 9.17) is 4.74 Å². The number of carbonyl (C=O) groups excluding carboxylic acids is 3. The fraction of sp³-hybridized carbons (Fsp3) is 0.105. The summed E-state index contributed by atoms with van der Waals surface area (Å²) in [6.45, 7) is 0. The molecule has 0 aliphatic carbocycles. The van der Waals surface area contributed by atoms with Crippen LogP contribution >= 0.6 is 0 Å². The van der Waals surface area contributed by atoms with E-state index in [0.29, 0.717) is 33.5 Å². The molecule has 25 heavy (non-hydrogen) atoms. The summed E-state index contributed by atoms with van der Waals surface area (Å²) in [7, 11) is 2.60. The van der Waals surface area contributed by atoms with E-state index in [9.17, 15) is 14.4 Å². The fourth-order valence-electron chi connectivity index (χ4n) is 2.66. The van der Waals surface area contributed by atoms with E-state index >= 15 is 0 Å². The summed E-state index contributed by atoms with van der Waals surface area (Å²) >= 11 is 0. The van der Waals surface area contributed by atoms with Gasteiger partial charge in [-0.1, -0.05) is 24.3 Å². The van der Waals surface area contributed by atoms with Crippen LogP contribution in [0.4, 0.5) is 5.69 Å². The maximum atomic E-state index is 12.3. The number of esters is 2. The van der Waals surface area contributed by atoms with Gasteiger partial charge in [-0.25, -0.2) is 9.59 Å². The van der Waals surface area contributed by atoms with Crippen molar-refractivity contribution in [3.8, 4) is 0 Å². The van der Waals surface area contributed by atoms with Gasteiger partial charge in [0.15, 0.2) is 0 Å². The Hall–Kier alpha value is -3.41. The van der Waals surface area contributed by atoms with Crippen molar-refractivity contribution in [2.24, 2.45) is 0 Å². The number of anilines is 1. The zero-order chi connectivity index (χ0) is 18.0. The Morgan fingerprint density at radius 1 is 1.00 bits per heavy atom. The van der Waals surface area contributed by atoms with Gasteiger partial charge in [0.25, 0.3) is 5.91 Å². The Bertz CT molecular complexity index is 914. The average molecular weight is 337 g/mol. The van der Waals surface area contributed by atoms with Crippen LogP contribution in [0.3, 0.4) is 0 Å². The molecule has 0 radical (unpaired) electrons. The molecule has 0 fully saturated rings. The summed E-state index contributed by atoms with van der Waals surface area (Å²) in [5, 5.41) is 2.72. The van der Waals surface area contributed by atoms with E-state index in [2.05, 4.69) is 10.1 Å². The molecule has 1 N–H and O–H groups in total. The first-order chi connectivity index (χ1) is 12.0. The lowest BCUT2D eigenvalue weighted by Gasteiger charge is -2.05. The van der Waals surface area contributed by atoms with Crippen molar-refractivity contribution in [3.05, 3.63) is 64.7 Å². The lowest BCUT2D eigenvalue weighted by molar-refractivity contribution is -0.110. The molecule has 6 nitrogen and oxygen atoms in total. The minimum Gasteiger partial charge on any atom is -0.465 e. The minimum atomic E-state index is -0.481. The van der Waals surface area contributed by atoms with Gasteiger partial charge < -0.3 is 14.8 Å². The number of nitrogens with one attached hydrogen (secondary N) is 1. The molecule has 0 spiro atoms. The molecule has 126 valence electrons. The zero-order valence-corrected chi connectivity index (χ0v) is 13.7. The van der Waals surface area contributed by atoms with E-state index in [1.165, 1.54) is 14.2 Å². The lowest BCUT2D eigenvalue weighted by Crippen LogP contribution is -2.06. The highest BCUT2D eigenvalue weighted by Crippen LogP contribution is 2.34. The van der Waals surface area contributed by atoms with Gasteiger partial charge >= 0.3 is 11.9 Å². The second kappa shape index (κ2) is 6.60. The van der Waals surface area contributed by atoms with Crippen molar-refractivity contribution >= 4 is 35.2 Å². The Morgan fingerprint density at radius 3 is 2.44 bits per heavy atom. The highest BCUT2D eigenvalue weighted by atomic mass is 16.5. The molecule has 0 atom stereocenters. The van der Waals surface area contributed by atoms with Gasteiger partial charge in [-0.15, -0.1) is 0 Å². The Labute approximate surface area is 144 Å². The molecule has 0 saturated heterocycles. The molecule has 0 saturated carbocycles. The molecular formula is C19H15NO5.